The number of rotatable bonds is 17. The Morgan fingerprint density at radius 1 is 0.532 bits per heavy atom. The van der Waals surface area contributed by atoms with Gasteiger partial charge in [-0.2, -0.15) is 0 Å². The lowest BCUT2D eigenvalue weighted by molar-refractivity contribution is -0.131. The molecule has 2 aliphatic rings. The molecule has 6 aromatic rings. The van der Waals surface area contributed by atoms with E-state index in [1.807, 2.05) is 82.9 Å². The van der Waals surface area contributed by atoms with E-state index in [1.165, 1.54) is 0 Å². The van der Waals surface area contributed by atoms with Gasteiger partial charge in [-0.05, 0) is 71.9 Å². The van der Waals surface area contributed by atoms with Gasteiger partial charge in [0.25, 0.3) is 0 Å². The number of carbonyl (C=O) groups is 4. The predicted octanol–water partition coefficient (Wildman–Crippen LogP) is 9.33. The van der Waals surface area contributed by atoms with Gasteiger partial charge in [-0.3, -0.25) is 19.2 Å². The van der Waals surface area contributed by atoms with Crippen LogP contribution in [-0.2, 0) is 45.1 Å². The van der Waals surface area contributed by atoms with Crippen LogP contribution < -0.4 is 11.5 Å². The van der Waals surface area contributed by atoms with Gasteiger partial charge in [0.05, 0.1) is 35.7 Å². The Morgan fingerprint density at radius 2 is 0.871 bits per heavy atom. The molecular weight excluding hydrogens is 813 g/mol. The molecule has 0 saturated heterocycles. The predicted molar refractivity (Wildman–Crippen MR) is 250 cm³/mol. The third-order valence-electron chi connectivity index (χ3n) is 10.5. The third-order valence-corrected chi connectivity index (χ3v) is 12.5. The molecule has 0 bridgehead atoms. The van der Waals surface area contributed by atoms with Gasteiger partial charge in [-0.25, -0.2) is 9.97 Å². The highest BCUT2D eigenvalue weighted by Gasteiger charge is 2.27. The van der Waals surface area contributed by atoms with E-state index in [0.717, 1.165) is 91.7 Å². The number of primary amides is 2. The fourth-order valence-electron chi connectivity index (χ4n) is 6.64. The Labute approximate surface area is 373 Å². The molecule has 2 heterocycles. The number of nitrogens with two attached hydrogens (primary N) is 2. The lowest BCUT2D eigenvalue weighted by Gasteiger charge is -2.21. The Morgan fingerprint density at radius 3 is 1.16 bits per heavy atom. The van der Waals surface area contributed by atoms with E-state index < -0.39 is 0 Å². The Kier molecular flexibility index (Phi) is 16.7. The Bertz CT molecular complexity index is 2190. The first-order chi connectivity index (χ1) is 30.1. The van der Waals surface area contributed by atoms with Gasteiger partial charge in [-0.1, -0.05) is 123 Å². The van der Waals surface area contributed by atoms with E-state index >= 15 is 0 Å². The second kappa shape index (κ2) is 22.7. The quantitative estimate of drug-likeness (QED) is 0.0932. The van der Waals surface area contributed by atoms with Gasteiger partial charge in [-0.15, -0.1) is 22.7 Å². The lowest BCUT2D eigenvalue weighted by Crippen LogP contribution is -2.32. The van der Waals surface area contributed by atoms with E-state index in [1.54, 1.807) is 22.7 Å². The van der Waals surface area contributed by atoms with Crippen LogP contribution in [0.15, 0.2) is 122 Å². The van der Waals surface area contributed by atoms with Gasteiger partial charge in [0.15, 0.2) is 0 Å². The van der Waals surface area contributed by atoms with Crippen molar-refractivity contribution >= 4 is 46.3 Å². The summed E-state index contributed by atoms with van der Waals surface area (Å²) in [4.78, 5) is 61.5. The van der Waals surface area contributed by atoms with Crippen molar-refractivity contribution in [1.82, 2.24) is 19.8 Å². The number of hydrogen-bond donors (Lipinski definition) is 2. The maximum atomic E-state index is 13.1. The molecular formula is C50H56N6O4S2. The molecule has 2 aliphatic carbocycles. The SMILES string of the molecule is CCCN(Cc1ncc(-c2ccc(-c3ccc(-c4cnc(CN(CCC)C(=O)Cc5ccccc5)s4)cc3)cc2)s1)C(=O)Cc1ccccc1.NC(=O)C1CC1.NC(=O)C1CC1. The van der Waals surface area contributed by atoms with Crippen LogP contribution >= 0.6 is 22.7 Å². The molecule has 0 aliphatic heterocycles. The van der Waals surface area contributed by atoms with E-state index in [2.05, 4.69) is 72.3 Å². The van der Waals surface area contributed by atoms with Crippen molar-refractivity contribution in [1.29, 1.82) is 0 Å². The van der Waals surface area contributed by atoms with Gasteiger partial charge in [0, 0.05) is 37.3 Å². The monoisotopic (exact) mass is 868 g/mol. The maximum Gasteiger partial charge on any atom is 0.227 e. The first kappa shape index (κ1) is 45.5. The summed E-state index contributed by atoms with van der Waals surface area (Å²) in [5, 5.41) is 1.88. The van der Waals surface area contributed by atoms with Crippen molar-refractivity contribution < 1.29 is 19.2 Å². The highest BCUT2D eigenvalue weighted by Crippen LogP contribution is 2.32. The Balaban J connectivity index is 0.000000459. The second-order valence-electron chi connectivity index (χ2n) is 15.7. The molecule has 4 aromatic carbocycles. The van der Waals surface area contributed by atoms with E-state index in [9.17, 15) is 19.2 Å². The summed E-state index contributed by atoms with van der Waals surface area (Å²) in [5.41, 5.74) is 16.3. The summed E-state index contributed by atoms with van der Waals surface area (Å²) >= 11 is 3.29. The lowest BCUT2D eigenvalue weighted by atomic mass is 10.0. The molecule has 2 aromatic heterocycles. The molecule has 322 valence electrons. The highest BCUT2D eigenvalue weighted by atomic mass is 32.1. The number of benzene rings is 4. The van der Waals surface area contributed by atoms with E-state index in [0.29, 0.717) is 39.0 Å². The van der Waals surface area contributed by atoms with Crippen molar-refractivity contribution in [2.24, 2.45) is 23.3 Å². The molecule has 2 fully saturated rings. The van der Waals surface area contributed by atoms with Crippen molar-refractivity contribution in [3.05, 3.63) is 143 Å². The summed E-state index contributed by atoms with van der Waals surface area (Å²) < 4.78 is 0. The topological polar surface area (TPSA) is 153 Å². The number of thiazole rings is 2. The van der Waals surface area contributed by atoms with Crippen LogP contribution in [0.4, 0.5) is 0 Å². The zero-order valence-electron chi connectivity index (χ0n) is 35.6. The second-order valence-corrected chi connectivity index (χ2v) is 17.9. The molecule has 10 nitrogen and oxygen atoms in total. The van der Waals surface area contributed by atoms with Gasteiger partial charge in [0.1, 0.15) is 10.0 Å². The summed E-state index contributed by atoms with van der Waals surface area (Å²) in [7, 11) is 0. The van der Waals surface area contributed by atoms with Crippen molar-refractivity contribution in [2.75, 3.05) is 13.1 Å². The van der Waals surface area contributed by atoms with E-state index in [4.69, 9.17) is 11.5 Å². The molecule has 0 atom stereocenters. The average Bonchev–Trinajstić information content (AvgIpc) is 4.23. The van der Waals surface area contributed by atoms with Gasteiger partial charge in [0.2, 0.25) is 23.6 Å². The van der Waals surface area contributed by atoms with Crippen LogP contribution in [0.1, 0.15) is 73.5 Å². The number of amides is 4. The molecule has 62 heavy (non-hydrogen) atoms. The van der Waals surface area contributed by atoms with Crippen LogP contribution in [0, 0.1) is 11.8 Å². The summed E-state index contributed by atoms with van der Waals surface area (Å²) in [5.74, 6) is 0.483. The van der Waals surface area contributed by atoms with Crippen LogP contribution in [0.5, 0.6) is 0 Å². The molecule has 4 N–H and O–H groups in total. The molecule has 2 saturated carbocycles. The van der Waals surface area contributed by atoms with Crippen molar-refractivity contribution in [3.8, 4) is 32.0 Å². The summed E-state index contributed by atoms with van der Waals surface area (Å²) in [6, 6.07) is 37.0. The minimum absolute atomic E-state index is 0.130. The molecule has 0 unspecified atom stereocenters. The number of aromatic nitrogens is 2. The van der Waals surface area contributed by atoms with Gasteiger partial charge >= 0.3 is 0 Å². The fraction of sp³-hybridized carbons (Fsp3) is 0.320. The third kappa shape index (κ3) is 14.0. The number of carbonyl (C=O) groups excluding carboxylic acids is 4. The summed E-state index contributed by atoms with van der Waals surface area (Å²) in [6.07, 6.45) is 10.5. The van der Waals surface area contributed by atoms with Crippen LogP contribution in [0.3, 0.4) is 0 Å². The summed E-state index contributed by atoms with van der Waals surface area (Å²) in [6.45, 7) is 6.68. The number of hydrogen-bond acceptors (Lipinski definition) is 8. The molecule has 12 heteroatoms. The first-order valence-corrected chi connectivity index (χ1v) is 23.1. The Hall–Kier alpha value is -5.98. The molecule has 4 amide bonds. The molecule has 0 radical (unpaired) electrons. The largest absolute Gasteiger partial charge is 0.369 e. The zero-order valence-corrected chi connectivity index (χ0v) is 37.2. The van der Waals surface area contributed by atoms with Crippen molar-refractivity contribution in [2.45, 2.75) is 78.3 Å². The van der Waals surface area contributed by atoms with Crippen LogP contribution in [0.2, 0.25) is 0 Å². The standard InChI is InChI=1S/C42H42N4O2S2.2C4H7NO/c1-3-23-45(41(47)25-31-11-7-5-8-12-31)29-39-43-27-37(49-39)35-19-15-33(16-20-35)34-17-21-36(22-18-34)38-28-44-40(50-38)30-46(24-4-2)42(48)26-32-13-9-6-10-14-32;2*5-4(6)3-1-2-3/h5-22,27-28H,3-4,23-26,29-30H2,1-2H3;2*3H,1-2H2,(H2,5,6). The van der Waals surface area contributed by atoms with Crippen molar-refractivity contribution in [3.63, 3.8) is 0 Å². The number of nitrogens with zero attached hydrogens (tertiary/aromatic N) is 4. The van der Waals surface area contributed by atoms with Crippen LogP contribution in [-0.4, -0.2) is 56.5 Å². The minimum atomic E-state index is -0.130. The average molecular weight is 869 g/mol. The maximum absolute atomic E-state index is 13.1. The van der Waals surface area contributed by atoms with Crippen LogP contribution in [0.25, 0.3) is 32.0 Å². The zero-order chi connectivity index (χ0) is 43.8. The normalized spacial score (nSPS) is 12.9. The molecule has 8 rings (SSSR count). The highest BCUT2D eigenvalue weighted by molar-refractivity contribution is 7.15. The van der Waals surface area contributed by atoms with Gasteiger partial charge < -0.3 is 21.3 Å². The van der Waals surface area contributed by atoms with E-state index in [-0.39, 0.29) is 35.5 Å². The molecule has 0 spiro atoms. The first-order valence-electron chi connectivity index (χ1n) is 21.4. The fourth-order valence-corrected chi connectivity index (χ4v) is 8.52. The smallest absolute Gasteiger partial charge is 0.227 e. The minimum Gasteiger partial charge on any atom is -0.369 e.